The summed E-state index contributed by atoms with van der Waals surface area (Å²) < 4.78 is 1.22. The summed E-state index contributed by atoms with van der Waals surface area (Å²) in [5.41, 5.74) is 0.815. The van der Waals surface area contributed by atoms with Crippen LogP contribution in [-0.4, -0.2) is 25.4 Å². The van der Waals surface area contributed by atoms with Crippen molar-refractivity contribution in [3.63, 3.8) is 0 Å². The SMILES string of the molecule is Cc1ccn2c(=O)c(C(=O)NCc3ccccn3)c(O)nc2c1. The molecule has 7 heteroatoms. The molecule has 3 rings (SSSR count). The molecule has 3 aromatic rings. The molecule has 0 saturated carbocycles. The largest absolute Gasteiger partial charge is 0.493 e. The molecule has 0 aliphatic carbocycles. The average Bonchev–Trinajstić information content (AvgIpc) is 2.53. The average molecular weight is 310 g/mol. The zero-order chi connectivity index (χ0) is 16.4. The maximum absolute atomic E-state index is 12.4. The molecule has 0 bridgehead atoms. The molecule has 0 radical (unpaired) electrons. The van der Waals surface area contributed by atoms with Crippen LogP contribution in [0.1, 0.15) is 21.6 Å². The van der Waals surface area contributed by atoms with Gasteiger partial charge in [-0.15, -0.1) is 0 Å². The summed E-state index contributed by atoms with van der Waals surface area (Å²) in [5, 5.41) is 12.5. The molecule has 0 aliphatic heterocycles. The molecule has 3 aromatic heterocycles. The highest BCUT2D eigenvalue weighted by atomic mass is 16.3. The number of nitrogens with zero attached hydrogens (tertiary/aromatic N) is 3. The van der Waals surface area contributed by atoms with Crippen molar-refractivity contribution < 1.29 is 9.90 Å². The zero-order valence-corrected chi connectivity index (χ0v) is 12.4. The molecular weight excluding hydrogens is 296 g/mol. The highest BCUT2D eigenvalue weighted by Gasteiger charge is 2.19. The predicted molar refractivity (Wildman–Crippen MR) is 83.3 cm³/mol. The van der Waals surface area contributed by atoms with Crippen LogP contribution in [0.2, 0.25) is 0 Å². The molecule has 0 fully saturated rings. The van der Waals surface area contributed by atoms with Crippen LogP contribution in [-0.2, 0) is 6.54 Å². The van der Waals surface area contributed by atoms with Crippen LogP contribution in [0, 0.1) is 6.92 Å². The van der Waals surface area contributed by atoms with Crippen molar-refractivity contribution in [1.82, 2.24) is 19.7 Å². The lowest BCUT2D eigenvalue weighted by Gasteiger charge is -2.08. The number of hydrogen-bond donors (Lipinski definition) is 2. The van der Waals surface area contributed by atoms with Crippen LogP contribution in [0.4, 0.5) is 0 Å². The van der Waals surface area contributed by atoms with Gasteiger partial charge in [0, 0.05) is 12.4 Å². The van der Waals surface area contributed by atoms with E-state index >= 15 is 0 Å². The molecular formula is C16H14N4O3. The fraction of sp³-hybridized carbons (Fsp3) is 0.125. The monoisotopic (exact) mass is 310 g/mol. The molecule has 7 nitrogen and oxygen atoms in total. The second-order valence-electron chi connectivity index (χ2n) is 5.05. The molecule has 3 heterocycles. The first-order valence-corrected chi connectivity index (χ1v) is 6.96. The third kappa shape index (κ3) is 2.89. The maximum Gasteiger partial charge on any atom is 0.274 e. The van der Waals surface area contributed by atoms with Crippen molar-refractivity contribution in [3.8, 4) is 5.88 Å². The van der Waals surface area contributed by atoms with Gasteiger partial charge in [0.05, 0.1) is 12.2 Å². The van der Waals surface area contributed by atoms with Gasteiger partial charge in [-0.1, -0.05) is 6.07 Å². The lowest BCUT2D eigenvalue weighted by molar-refractivity contribution is 0.0945. The summed E-state index contributed by atoms with van der Waals surface area (Å²) >= 11 is 0. The smallest absolute Gasteiger partial charge is 0.274 e. The number of carbonyl (C=O) groups excluding carboxylic acids is 1. The summed E-state index contributed by atoms with van der Waals surface area (Å²) in [6.45, 7) is 1.99. The van der Waals surface area contributed by atoms with E-state index in [4.69, 9.17) is 0 Å². The Bertz CT molecular complexity index is 935. The number of aromatic hydroxyl groups is 1. The quantitative estimate of drug-likeness (QED) is 0.753. The Morgan fingerprint density at radius 1 is 1.35 bits per heavy atom. The first-order chi connectivity index (χ1) is 11.1. The van der Waals surface area contributed by atoms with E-state index in [1.807, 2.05) is 6.92 Å². The van der Waals surface area contributed by atoms with E-state index in [0.717, 1.165) is 5.56 Å². The van der Waals surface area contributed by atoms with Crippen LogP contribution in [0.15, 0.2) is 47.5 Å². The second-order valence-corrected chi connectivity index (χ2v) is 5.05. The minimum Gasteiger partial charge on any atom is -0.493 e. The number of carbonyl (C=O) groups is 1. The van der Waals surface area contributed by atoms with Gasteiger partial charge in [0.2, 0.25) is 5.88 Å². The van der Waals surface area contributed by atoms with Crippen molar-refractivity contribution in [3.05, 3.63) is 69.9 Å². The fourth-order valence-corrected chi connectivity index (χ4v) is 2.19. The Hall–Kier alpha value is -3.22. The third-order valence-corrected chi connectivity index (χ3v) is 3.35. The molecule has 0 aliphatic rings. The highest BCUT2D eigenvalue weighted by Crippen LogP contribution is 2.12. The number of pyridine rings is 2. The molecule has 0 aromatic carbocycles. The first-order valence-electron chi connectivity index (χ1n) is 6.96. The van der Waals surface area contributed by atoms with Crippen molar-refractivity contribution in [2.75, 3.05) is 0 Å². The van der Waals surface area contributed by atoms with Crippen molar-refractivity contribution in [2.24, 2.45) is 0 Å². The Morgan fingerprint density at radius 2 is 2.17 bits per heavy atom. The van der Waals surface area contributed by atoms with Gasteiger partial charge >= 0.3 is 0 Å². The van der Waals surface area contributed by atoms with E-state index in [1.54, 1.807) is 36.5 Å². The van der Waals surface area contributed by atoms with E-state index in [9.17, 15) is 14.7 Å². The van der Waals surface area contributed by atoms with Gasteiger partial charge in [-0.25, -0.2) is 0 Å². The molecule has 2 N–H and O–H groups in total. The van der Waals surface area contributed by atoms with E-state index < -0.39 is 17.3 Å². The molecule has 0 atom stereocenters. The van der Waals surface area contributed by atoms with Crippen LogP contribution < -0.4 is 10.9 Å². The summed E-state index contributed by atoms with van der Waals surface area (Å²) in [6.07, 6.45) is 3.13. The molecule has 23 heavy (non-hydrogen) atoms. The standard InChI is InChI=1S/C16H14N4O3/c1-10-5-7-20-12(8-10)19-15(22)13(16(20)23)14(21)18-9-11-4-2-3-6-17-11/h2-8,22H,9H2,1H3,(H,18,21). The minimum absolute atomic E-state index is 0.148. The molecule has 1 amide bonds. The van der Waals surface area contributed by atoms with E-state index in [-0.39, 0.29) is 17.8 Å². The third-order valence-electron chi connectivity index (χ3n) is 3.35. The normalized spacial score (nSPS) is 10.7. The maximum atomic E-state index is 12.4. The van der Waals surface area contributed by atoms with E-state index in [0.29, 0.717) is 5.69 Å². The van der Waals surface area contributed by atoms with Crippen LogP contribution in [0.5, 0.6) is 5.88 Å². The Labute approximate surface area is 131 Å². The van der Waals surface area contributed by atoms with Crippen LogP contribution >= 0.6 is 0 Å². The Kier molecular flexibility index (Phi) is 3.76. The van der Waals surface area contributed by atoms with Gasteiger partial charge in [0.15, 0.2) is 5.56 Å². The zero-order valence-electron chi connectivity index (χ0n) is 12.4. The van der Waals surface area contributed by atoms with Crippen molar-refractivity contribution >= 4 is 11.6 Å². The summed E-state index contributed by atoms with van der Waals surface area (Å²) in [7, 11) is 0. The van der Waals surface area contributed by atoms with Crippen LogP contribution in [0.3, 0.4) is 0 Å². The summed E-state index contributed by atoms with van der Waals surface area (Å²) in [5.74, 6) is -1.28. The van der Waals surface area contributed by atoms with Gasteiger partial charge in [0.1, 0.15) is 5.65 Å². The number of rotatable bonds is 3. The summed E-state index contributed by atoms with van der Waals surface area (Å²) in [6, 6.07) is 8.67. The number of nitrogens with one attached hydrogen (secondary N) is 1. The van der Waals surface area contributed by atoms with Gasteiger partial charge in [-0.05, 0) is 36.8 Å². The van der Waals surface area contributed by atoms with E-state index in [2.05, 4.69) is 15.3 Å². The van der Waals surface area contributed by atoms with Gasteiger partial charge in [-0.2, -0.15) is 4.98 Å². The molecule has 0 spiro atoms. The molecule has 0 unspecified atom stereocenters. The number of fused-ring (bicyclic) bond motifs is 1. The second kappa shape index (κ2) is 5.88. The highest BCUT2D eigenvalue weighted by molar-refractivity contribution is 5.96. The van der Waals surface area contributed by atoms with Crippen molar-refractivity contribution in [2.45, 2.75) is 13.5 Å². The van der Waals surface area contributed by atoms with E-state index in [1.165, 1.54) is 10.6 Å². The van der Waals surface area contributed by atoms with Crippen molar-refractivity contribution in [1.29, 1.82) is 0 Å². The first kappa shape index (κ1) is 14.7. The van der Waals surface area contributed by atoms with Crippen LogP contribution in [0.25, 0.3) is 5.65 Å². The number of aromatic nitrogens is 3. The topological polar surface area (TPSA) is 96.6 Å². The summed E-state index contributed by atoms with van der Waals surface area (Å²) in [4.78, 5) is 32.6. The molecule has 0 saturated heterocycles. The Morgan fingerprint density at radius 3 is 2.91 bits per heavy atom. The lowest BCUT2D eigenvalue weighted by atomic mass is 10.2. The van der Waals surface area contributed by atoms with Gasteiger partial charge < -0.3 is 10.4 Å². The number of amides is 1. The number of hydrogen-bond acceptors (Lipinski definition) is 5. The lowest BCUT2D eigenvalue weighted by Crippen LogP contribution is -2.31. The van der Waals surface area contributed by atoms with Gasteiger partial charge in [-0.3, -0.25) is 19.0 Å². The predicted octanol–water partition coefficient (Wildman–Crippen LogP) is 1.03. The minimum atomic E-state index is -0.694. The fourth-order valence-electron chi connectivity index (χ4n) is 2.19. The molecule has 116 valence electrons. The van der Waals surface area contributed by atoms with Gasteiger partial charge in [0.25, 0.3) is 11.5 Å². The Balaban J connectivity index is 1.94. The number of aryl methyl sites for hydroxylation is 1.